The van der Waals surface area contributed by atoms with E-state index >= 15 is 0 Å². The number of rotatable bonds is 4. The topological polar surface area (TPSA) is 28.5 Å². The smallest absolute Gasteiger partial charge is 0.148 e. The number of hydrogen-bond acceptors (Lipinski definition) is 3. The van der Waals surface area contributed by atoms with Crippen molar-refractivity contribution in [2.45, 2.75) is 0 Å². The molecule has 0 aliphatic carbocycles. The van der Waals surface area contributed by atoms with E-state index in [0.29, 0.717) is 0 Å². The molecule has 3 heteroatoms. The van der Waals surface area contributed by atoms with Gasteiger partial charge in [-0.1, -0.05) is 42.5 Å². The van der Waals surface area contributed by atoms with Crippen LogP contribution in [0.2, 0.25) is 0 Å². The number of hydrazone groups is 1. The van der Waals surface area contributed by atoms with Crippen LogP contribution < -0.4 is 5.01 Å². The molecule has 0 aliphatic rings. The lowest BCUT2D eigenvalue weighted by atomic mass is 10.2. The maximum Gasteiger partial charge on any atom is 0.148 e. The zero-order valence-electron chi connectivity index (χ0n) is 10.3. The maximum absolute atomic E-state index is 4.27. The zero-order chi connectivity index (χ0) is 12.6. The monoisotopic (exact) mass is 237 g/mol. The molecule has 18 heavy (non-hydrogen) atoms. The molecule has 0 saturated carbocycles. The number of aromatic nitrogens is 1. The van der Waals surface area contributed by atoms with Crippen LogP contribution in [-0.4, -0.2) is 18.2 Å². The van der Waals surface area contributed by atoms with Crippen molar-refractivity contribution in [1.82, 2.24) is 4.98 Å². The largest absolute Gasteiger partial charge is 0.251 e. The summed E-state index contributed by atoms with van der Waals surface area (Å²) in [5.74, 6) is 0.821. The highest BCUT2D eigenvalue weighted by atomic mass is 15.5. The van der Waals surface area contributed by atoms with Gasteiger partial charge in [-0.05, 0) is 23.8 Å². The first kappa shape index (κ1) is 12.0. The van der Waals surface area contributed by atoms with Crippen LogP contribution in [-0.2, 0) is 0 Å². The number of nitrogens with zero attached hydrogens (tertiary/aromatic N) is 3. The molecule has 0 saturated heterocycles. The molecule has 3 nitrogen and oxygen atoms in total. The molecule has 0 N–H and O–H groups in total. The molecule has 0 spiro atoms. The van der Waals surface area contributed by atoms with Crippen molar-refractivity contribution in [2.24, 2.45) is 5.10 Å². The van der Waals surface area contributed by atoms with Crippen molar-refractivity contribution in [3.05, 3.63) is 66.4 Å². The van der Waals surface area contributed by atoms with Gasteiger partial charge in [-0.2, -0.15) is 5.10 Å². The Morgan fingerprint density at radius 3 is 2.56 bits per heavy atom. The third-order valence-corrected chi connectivity index (χ3v) is 2.40. The Morgan fingerprint density at radius 1 is 1.06 bits per heavy atom. The first-order valence-corrected chi connectivity index (χ1v) is 5.77. The summed E-state index contributed by atoms with van der Waals surface area (Å²) in [6.07, 6.45) is 7.42. The summed E-state index contributed by atoms with van der Waals surface area (Å²) in [5.41, 5.74) is 1.16. The Hall–Kier alpha value is -2.42. The molecule has 1 aromatic carbocycles. The van der Waals surface area contributed by atoms with E-state index in [4.69, 9.17) is 0 Å². The molecule has 0 unspecified atom stereocenters. The normalized spacial score (nSPS) is 11.2. The summed E-state index contributed by atoms with van der Waals surface area (Å²) < 4.78 is 0. The third kappa shape index (κ3) is 3.56. The van der Waals surface area contributed by atoms with Gasteiger partial charge in [0.25, 0.3) is 0 Å². The van der Waals surface area contributed by atoms with E-state index in [9.17, 15) is 0 Å². The minimum atomic E-state index is 0.821. The van der Waals surface area contributed by atoms with E-state index < -0.39 is 0 Å². The number of benzene rings is 1. The lowest BCUT2D eigenvalue weighted by Gasteiger charge is -2.09. The first-order valence-electron chi connectivity index (χ1n) is 5.77. The Labute approximate surface area is 107 Å². The van der Waals surface area contributed by atoms with Crippen LogP contribution in [0.5, 0.6) is 0 Å². The van der Waals surface area contributed by atoms with Crippen LogP contribution in [0.3, 0.4) is 0 Å². The summed E-state index contributed by atoms with van der Waals surface area (Å²) in [6.45, 7) is 0. The van der Waals surface area contributed by atoms with Crippen LogP contribution in [0.25, 0.3) is 6.08 Å². The van der Waals surface area contributed by atoms with Gasteiger partial charge in [0.15, 0.2) is 0 Å². The maximum atomic E-state index is 4.27. The Kier molecular flexibility index (Phi) is 4.25. The molecule has 1 aromatic heterocycles. The van der Waals surface area contributed by atoms with Gasteiger partial charge in [0, 0.05) is 19.5 Å². The third-order valence-electron chi connectivity index (χ3n) is 2.40. The van der Waals surface area contributed by atoms with Gasteiger partial charge in [0.2, 0.25) is 0 Å². The highest BCUT2D eigenvalue weighted by molar-refractivity contribution is 5.78. The van der Waals surface area contributed by atoms with Crippen molar-refractivity contribution in [3.8, 4) is 0 Å². The lowest BCUT2D eigenvalue weighted by Crippen LogP contribution is -2.09. The average molecular weight is 237 g/mol. The van der Waals surface area contributed by atoms with Gasteiger partial charge in [0.1, 0.15) is 5.82 Å². The standard InChI is InChI=1S/C15H15N3/c1-18(15-11-5-6-12-16-15)17-13-7-10-14-8-3-2-4-9-14/h2-13H,1H3/b10-7+,17-13-. The molecule has 0 aliphatic heterocycles. The van der Waals surface area contributed by atoms with Gasteiger partial charge in [-0.3, -0.25) is 5.01 Å². The van der Waals surface area contributed by atoms with E-state index in [-0.39, 0.29) is 0 Å². The number of allylic oxidation sites excluding steroid dienone is 1. The lowest BCUT2D eigenvalue weighted by molar-refractivity contribution is 0.984. The van der Waals surface area contributed by atoms with Gasteiger partial charge in [-0.15, -0.1) is 0 Å². The van der Waals surface area contributed by atoms with E-state index in [1.54, 1.807) is 17.4 Å². The van der Waals surface area contributed by atoms with Crippen molar-refractivity contribution in [1.29, 1.82) is 0 Å². The first-order chi connectivity index (χ1) is 8.86. The van der Waals surface area contributed by atoms with E-state index in [1.807, 2.05) is 67.7 Å². The second-order valence-corrected chi connectivity index (χ2v) is 3.75. The molecule has 0 atom stereocenters. The fourth-order valence-electron chi connectivity index (χ4n) is 1.46. The molecule has 0 bridgehead atoms. The Bertz CT molecular complexity index is 518. The van der Waals surface area contributed by atoms with Gasteiger partial charge in [-0.25, -0.2) is 4.98 Å². The fourth-order valence-corrected chi connectivity index (χ4v) is 1.46. The summed E-state index contributed by atoms with van der Waals surface area (Å²) in [7, 11) is 1.87. The molecule has 0 amide bonds. The molecular formula is C15H15N3. The quantitative estimate of drug-likeness (QED) is 0.603. The second kappa shape index (κ2) is 6.35. The summed E-state index contributed by atoms with van der Waals surface area (Å²) in [4.78, 5) is 4.20. The molecule has 0 fully saturated rings. The van der Waals surface area contributed by atoms with Crippen LogP contribution in [0.15, 0.2) is 65.9 Å². The van der Waals surface area contributed by atoms with Gasteiger partial charge >= 0.3 is 0 Å². The van der Waals surface area contributed by atoms with Gasteiger partial charge < -0.3 is 0 Å². The van der Waals surface area contributed by atoms with Crippen molar-refractivity contribution in [3.63, 3.8) is 0 Å². The number of pyridine rings is 1. The number of anilines is 1. The van der Waals surface area contributed by atoms with Crippen LogP contribution >= 0.6 is 0 Å². The fraction of sp³-hybridized carbons (Fsp3) is 0.0667. The molecule has 1 heterocycles. The molecular weight excluding hydrogens is 222 g/mol. The van der Waals surface area contributed by atoms with Crippen molar-refractivity contribution in [2.75, 3.05) is 12.1 Å². The molecule has 2 aromatic rings. The predicted octanol–water partition coefficient (Wildman–Crippen LogP) is 3.22. The van der Waals surface area contributed by atoms with E-state index in [1.165, 1.54) is 0 Å². The van der Waals surface area contributed by atoms with Crippen molar-refractivity contribution < 1.29 is 0 Å². The zero-order valence-corrected chi connectivity index (χ0v) is 10.3. The van der Waals surface area contributed by atoms with Crippen LogP contribution in [0.4, 0.5) is 5.82 Å². The van der Waals surface area contributed by atoms with E-state index in [2.05, 4.69) is 10.1 Å². The summed E-state index contributed by atoms with van der Waals surface area (Å²) in [5, 5.41) is 6.00. The Balaban J connectivity index is 1.94. The van der Waals surface area contributed by atoms with Crippen LogP contribution in [0, 0.1) is 0 Å². The number of hydrogen-bond donors (Lipinski definition) is 0. The molecule has 0 radical (unpaired) electrons. The minimum Gasteiger partial charge on any atom is -0.251 e. The summed E-state index contributed by atoms with van der Waals surface area (Å²) in [6, 6.07) is 15.9. The summed E-state index contributed by atoms with van der Waals surface area (Å²) >= 11 is 0. The predicted molar refractivity (Wildman–Crippen MR) is 76.6 cm³/mol. The van der Waals surface area contributed by atoms with E-state index in [0.717, 1.165) is 11.4 Å². The highest BCUT2D eigenvalue weighted by Crippen LogP contribution is 2.06. The van der Waals surface area contributed by atoms with Crippen molar-refractivity contribution >= 4 is 18.1 Å². The average Bonchev–Trinajstić information content (AvgIpc) is 2.45. The Morgan fingerprint density at radius 2 is 1.83 bits per heavy atom. The SMILES string of the molecule is CN(/N=C\C=C\c1ccccc1)c1ccccn1. The molecule has 90 valence electrons. The second-order valence-electron chi connectivity index (χ2n) is 3.75. The highest BCUT2D eigenvalue weighted by Gasteiger charge is 1.95. The minimum absolute atomic E-state index is 0.821. The van der Waals surface area contributed by atoms with Gasteiger partial charge in [0.05, 0.1) is 0 Å². The molecule has 2 rings (SSSR count). The van der Waals surface area contributed by atoms with Crippen LogP contribution in [0.1, 0.15) is 5.56 Å².